The average Bonchev–Trinajstić information content (AvgIpc) is 2.47. The van der Waals surface area contributed by atoms with Gasteiger partial charge in [0.05, 0.1) is 11.6 Å². The Kier molecular flexibility index (Phi) is 3.74. The lowest BCUT2D eigenvalue weighted by atomic mass is 10.1. The third-order valence-corrected chi connectivity index (χ3v) is 3.86. The van der Waals surface area contributed by atoms with Gasteiger partial charge >= 0.3 is 0 Å². The number of hydrogen-bond donors (Lipinski definition) is 1. The predicted molar refractivity (Wildman–Crippen MR) is 83.0 cm³/mol. The summed E-state index contributed by atoms with van der Waals surface area (Å²) in [7, 11) is 0. The molecule has 4 heteroatoms. The number of piperidine rings is 1. The molecule has 0 radical (unpaired) electrons. The second-order valence-corrected chi connectivity index (χ2v) is 5.27. The van der Waals surface area contributed by atoms with E-state index in [2.05, 4.69) is 28.9 Å². The van der Waals surface area contributed by atoms with Gasteiger partial charge in [-0.25, -0.2) is 0 Å². The molecule has 2 heterocycles. The van der Waals surface area contributed by atoms with Crippen molar-refractivity contribution in [3.63, 3.8) is 0 Å². The molecule has 0 aliphatic carbocycles. The van der Waals surface area contributed by atoms with E-state index in [1.54, 1.807) is 0 Å². The van der Waals surface area contributed by atoms with Crippen molar-refractivity contribution >= 4 is 22.3 Å². The van der Waals surface area contributed by atoms with E-state index in [0.717, 1.165) is 37.3 Å². The summed E-state index contributed by atoms with van der Waals surface area (Å²) in [5, 5.41) is 1.17. The first-order chi connectivity index (χ1) is 9.78. The molecule has 1 unspecified atom stereocenters. The van der Waals surface area contributed by atoms with Crippen molar-refractivity contribution in [2.24, 2.45) is 0 Å². The lowest BCUT2D eigenvalue weighted by Crippen LogP contribution is -2.39. The van der Waals surface area contributed by atoms with Crippen LogP contribution >= 0.6 is 0 Å². The molecule has 1 fully saturated rings. The largest absolute Gasteiger partial charge is 0.399 e. The molecule has 3 rings (SSSR count). The molecule has 1 saturated heterocycles. The van der Waals surface area contributed by atoms with Crippen molar-refractivity contribution in [1.82, 2.24) is 4.98 Å². The fourth-order valence-electron chi connectivity index (χ4n) is 2.95. The Morgan fingerprint density at radius 3 is 3.15 bits per heavy atom. The molecule has 1 aliphatic rings. The second kappa shape index (κ2) is 5.67. The molecule has 0 bridgehead atoms. The highest BCUT2D eigenvalue weighted by Gasteiger charge is 2.21. The van der Waals surface area contributed by atoms with Crippen molar-refractivity contribution in [1.29, 1.82) is 0 Å². The molecule has 2 N–H and O–H groups in total. The van der Waals surface area contributed by atoms with Crippen LogP contribution in [0.4, 0.5) is 11.4 Å². The van der Waals surface area contributed by atoms with E-state index in [4.69, 9.17) is 10.5 Å². The van der Waals surface area contributed by atoms with E-state index in [-0.39, 0.29) is 0 Å². The van der Waals surface area contributed by atoms with Crippen molar-refractivity contribution in [3.8, 4) is 0 Å². The molecular formula is C16H21N3O. The number of nitrogen functional groups attached to an aromatic ring is 1. The number of anilines is 2. The number of ether oxygens (including phenoxy) is 1. The third kappa shape index (κ3) is 2.56. The van der Waals surface area contributed by atoms with E-state index < -0.39 is 0 Å². The van der Waals surface area contributed by atoms with Crippen LogP contribution in [0.5, 0.6) is 0 Å². The molecule has 106 valence electrons. The second-order valence-electron chi connectivity index (χ2n) is 5.27. The van der Waals surface area contributed by atoms with Crippen LogP contribution in [0.1, 0.15) is 19.8 Å². The van der Waals surface area contributed by atoms with Crippen molar-refractivity contribution in [2.45, 2.75) is 25.9 Å². The van der Waals surface area contributed by atoms with Crippen LogP contribution in [0.15, 0.2) is 30.5 Å². The Labute approximate surface area is 119 Å². The Morgan fingerprint density at radius 2 is 2.30 bits per heavy atom. The van der Waals surface area contributed by atoms with Gasteiger partial charge in [-0.2, -0.15) is 0 Å². The van der Waals surface area contributed by atoms with E-state index in [1.807, 2.05) is 18.3 Å². The number of rotatable bonds is 3. The highest BCUT2D eigenvalue weighted by atomic mass is 16.5. The first kappa shape index (κ1) is 13.2. The molecule has 1 aliphatic heterocycles. The van der Waals surface area contributed by atoms with Crippen LogP contribution < -0.4 is 10.6 Å². The minimum atomic E-state index is 0.339. The first-order valence-corrected chi connectivity index (χ1v) is 7.28. The number of nitrogens with two attached hydrogens (primary N) is 1. The molecule has 1 aromatic heterocycles. The number of pyridine rings is 1. The minimum absolute atomic E-state index is 0.339. The fourth-order valence-corrected chi connectivity index (χ4v) is 2.95. The first-order valence-electron chi connectivity index (χ1n) is 7.28. The Balaban J connectivity index is 1.93. The molecule has 2 aromatic rings. The van der Waals surface area contributed by atoms with Gasteiger partial charge < -0.3 is 15.4 Å². The normalized spacial score (nSPS) is 19.4. The molecule has 0 amide bonds. The zero-order valence-electron chi connectivity index (χ0n) is 11.9. The van der Waals surface area contributed by atoms with Crippen LogP contribution in [-0.2, 0) is 4.74 Å². The van der Waals surface area contributed by atoms with Gasteiger partial charge in [-0.1, -0.05) is 0 Å². The number of aromatic nitrogens is 1. The number of nitrogens with zero attached hydrogens (tertiary/aromatic N) is 2. The van der Waals surface area contributed by atoms with Gasteiger partial charge in [-0.3, -0.25) is 4.98 Å². The average molecular weight is 271 g/mol. The van der Waals surface area contributed by atoms with Gasteiger partial charge in [-0.15, -0.1) is 0 Å². The fraction of sp³-hybridized carbons (Fsp3) is 0.438. The lowest BCUT2D eigenvalue weighted by Gasteiger charge is -2.34. The molecule has 1 atom stereocenters. The summed E-state index contributed by atoms with van der Waals surface area (Å²) in [6.07, 6.45) is 4.52. The van der Waals surface area contributed by atoms with E-state index in [1.165, 1.54) is 17.5 Å². The smallest absolute Gasteiger partial charge is 0.0750 e. The van der Waals surface area contributed by atoms with E-state index in [9.17, 15) is 0 Å². The van der Waals surface area contributed by atoms with Crippen LogP contribution in [-0.4, -0.2) is 30.8 Å². The summed E-state index contributed by atoms with van der Waals surface area (Å²) in [5.41, 5.74) is 8.79. The zero-order chi connectivity index (χ0) is 13.9. The van der Waals surface area contributed by atoms with Crippen molar-refractivity contribution < 1.29 is 4.74 Å². The third-order valence-electron chi connectivity index (χ3n) is 3.86. The van der Waals surface area contributed by atoms with Gasteiger partial charge in [0.1, 0.15) is 0 Å². The minimum Gasteiger partial charge on any atom is -0.399 e. The maximum absolute atomic E-state index is 5.84. The molecule has 0 spiro atoms. The van der Waals surface area contributed by atoms with Gasteiger partial charge in [-0.05, 0) is 44.0 Å². The van der Waals surface area contributed by atoms with Crippen LogP contribution in [0, 0.1) is 0 Å². The predicted octanol–water partition coefficient (Wildman–Crippen LogP) is 2.82. The summed E-state index contributed by atoms with van der Waals surface area (Å²) in [4.78, 5) is 6.82. The van der Waals surface area contributed by atoms with Crippen molar-refractivity contribution in [2.75, 3.05) is 30.3 Å². The Hall–Kier alpha value is -1.81. The van der Waals surface area contributed by atoms with Crippen LogP contribution in [0.25, 0.3) is 10.9 Å². The molecule has 1 aromatic carbocycles. The van der Waals surface area contributed by atoms with Crippen LogP contribution in [0.2, 0.25) is 0 Å². The number of benzene rings is 1. The SMILES string of the molecule is CCOC1CCCN(c2ccnc3cc(N)ccc23)C1. The van der Waals surface area contributed by atoms with Crippen molar-refractivity contribution in [3.05, 3.63) is 30.5 Å². The highest BCUT2D eigenvalue weighted by Crippen LogP contribution is 2.29. The van der Waals surface area contributed by atoms with Gasteiger partial charge in [0.2, 0.25) is 0 Å². The lowest BCUT2D eigenvalue weighted by molar-refractivity contribution is 0.0527. The van der Waals surface area contributed by atoms with E-state index >= 15 is 0 Å². The highest BCUT2D eigenvalue weighted by molar-refractivity contribution is 5.93. The summed E-state index contributed by atoms with van der Waals surface area (Å²) in [6.45, 7) is 4.88. The Bertz CT molecular complexity index is 597. The maximum Gasteiger partial charge on any atom is 0.0750 e. The van der Waals surface area contributed by atoms with Gasteiger partial charge in [0, 0.05) is 42.7 Å². The zero-order valence-corrected chi connectivity index (χ0v) is 11.9. The maximum atomic E-state index is 5.84. The van der Waals surface area contributed by atoms with E-state index in [0.29, 0.717) is 6.10 Å². The molecule has 0 saturated carbocycles. The summed E-state index contributed by atoms with van der Waals surface area (Å²) < 4.78 is 5.79. The van der Waals surface area contributed by atoms with Gasteiger partial charge in [0.25, 0.3) is 0 Å². The Morgan fingerprint density at radius 1 is 1.40 bits per heavy atom. The molecule has 20 heavy (non-hydrogen) atoms. The van der Waals surface area contributed by atoms with Gasteiger partial charge in [0.15, 0.2) is 0 Å². The standard InChI is InChI=1S/C16H21N3O/c1-2-20-13-4-3-9-19(11-13)16-7-8-18-15-10-12(17)5-6-14(15)16/h5-8,10,13H,2-4,9,11,17H2,1H3. The number of fused-ring (bicyclic) bond motifs is 1. The summed E-state index contributed by atoms with van der Waals surface area (Å²) in [6, 6.07) is 8.03. The topological polar surface area (TPSA) is 51.4 Å². The molecular weight excluding hydrogens is 250 g/mol. The monoisotopic (exact) mass is 271 g/mol. The summed E-state index contributed by atoms with van der Waals surface area (Å²) in [5.74, 6) is 0. The summed E-state index contributed by atoms with van der Waals surface area (Å²) >= 11 is 0. The molecule has 4 nitrogen and oxygen atoms in total. The quantitative estimate of drug-likeness (QED) is 0.872. The van der Waals surface area contributed by atoms with Crippen LogP contribution in [0.3, 0.4) is 0 Å². The number of hydrogen-bond acceptors (Lipinski definition) is 4.